The van der Waals surface area contributed by atoms with Crippen molar-refractivity contribution in [2.75, 3.05) is 0 Å². The molecule has 0 aliphatic rings. The molecule has 0 aliphatic heterocycles. The molecule has 20 heavy (non-hydrogen) atoms. The summed E-state index contributed by atoms with van der Waals surface area (Å²) in [6.45, 7) is 10.0. The van der Waals surface area contributed by atoms with Crippen molar-refractivity contribution in [1.29, 1.82) is 0 Å². The number of halogens is 2. The molecule has 0 radical (unpaired) electrons. The molecule has 0 bridgehead atoms. The Bertz CT molecular complexity index is 612. The molecule has 0 aromatic heterocycles. The van der Waals surface area contributed by atoms with Crippen LogP contribution in [0.15, 0.2) is 24.3 Å². The molecule has 0 nitrogen and oxygen atoms in total. The Kier molecular flexibility index (Phi) is 4.33. The van der Waals surface area contributed by atoms with Gasteiger partial charge in [-0.2, -0.15) is 0 Å². The van der Waals surface area contributed by atoms with E-state index in [-0.39, 0.29) is 10.6 Å². The van der Waals surface area contributed by atoms with Gasteiger partial charge in [-0.1, -0.05) is 45.8 Å². The second kappa shape index (κ2) is 5.69. The van der Waals surface area contributed by atoms with Crippen molar-refractivity contribution in [2.24, 2.45) is 0 Å². The minimum Gasteiger partial charge on any atom is -0.206 e. The lowest BCUT2D eigenvalue weighted by Gasteiger charge is -2.19. The van der Waals surface area contributed by atoms with Crippen LogP contribution in [0.4, 0.5) is 4.39 Å². The van der Waals surface area contributed by atoms with Crippen LogP contribution in [-0.4, -0.2) is 0 Å². The van der Waals surface area contributed by atoms with Crippen LogP contribution in [0.1, 0.15) is 43.8 Å². The fourth-order valence-electron chi connectivity index (χ4n) is 2.88. The van der Waals surface area contributed by atoms with Gasteiger partial charge in [0.05, 0.1) is 4.83 Å². The van der Waals surface area contributed by atoms with Crippen LogP contribution >= 0.6 is 15.9 Å². The molecule has 0 heterocycles. The van der Waals surface area contributed by atoms with Gasteiger partial charge in [-0.3, -0.25) is 0 Å². The third-order valence-corrected chi connectivity index (χ3v) is 4.73. The zero-order valence-corrected chi connectivity index (χ0v) is 14.2. The third kappa shape index (κ3) is 2.80. The molecule has 1 atom stereocenters. The van der Waals surface area contributed by atoms with Gasteiger partial charge in [0, 0.05) is 0 Å². The molecule has 0 fully saturated rings. The Morgan fingerprint density at radius 2 is 1.25 bits per heavy atom. The Morgan fingerprint density at radius 3 is 1.70 bits per heavy atom. The van der Waals surface area contributed by atoms with E-state index in [2.05, 4.69) is 48.8 Å². The Labute approximate surface area is 129 Å². The molecule has 1 unspecified atom stereocenters. The Balaban J connectivity index is 2.55. The van der Waals surface area contributed by atoms with Gasteiger partial charge in [0.1, 0.15) is 5.82 Å². The first-order chi connectivity index (χ1) is 9.31. The lowest BCUT2D eigenvalue weighted by Crippen LogP contribution is -2.02. The molecule has 2 aromatic carbocycles. The van der Waals surface area contributed by atoms with Crippen molar-refractivity contribution in [3.8, 4) is 0 Å². The summed E-state index contributed by atoms with van der Waals surface area (Å²) in [5.74, 6) is -0.106. The van der Waals surface area contributed by atoms with Gasteiger partial charge < -0.3 is 0 Å². The van der Waals surface area contributed by atoms with Crippen LogP contribution in [0.25, 0.3) is 0 Å². The topological polar surface area (TPSA) is 0 Å². The first-order valence-electron chi connectivity index (χ1n) is 6.79. The highest BCUT2D eigenvalue weighted by molar-refractivity contribution is 9.09. The SMILES string of the molecule is Cc1cc(C)c(C(Br)c2cc(C)c(F)c(C)c2)c(C)c1. The quantitative estimate of drug-likeness (QED) is 0.604. The highest BCUT2D eigenvalue weighted by Gasteiger charge is 2.17. The van der Waals surface area contributed by atoms with Gasteiger partial charge in [0.25, 0.3) is 0 Å². The maximum Gasteiger partial charge on any atom is 0.129 e. The largest absolute Gasteiger partial charge is 0.206 e. The molecule has 106 valence electrons. The number of benzene rings is 2. The summed E-state index contributed by atoms with van der Waals surface area (Å²) >= 11 is 3.79. The van der Waals surface area contributed by atoms with Crippen molar-refractivity contribution >= 4 is 15.9 Å². The minimum absolute atomic E-state index is 0.0982. The molecule has 2 aromatic rings. The van der Waals surface area contributed by atoms with Crippen molar-refractivity contribution in [3.63, 3.8) is 0 Å². The standard InChI is InChI=1S/C18H20BrF/c1-10-6-11(2)16(12(3)7-10)17(19)15-8-13(4)18(20)14(5)9-15/h6-9,17H,1-5H3. The highest BCUT2D eigenvalue weighted by atomic mass is 79.9. The normalized spacial score (nSPS) is 12.6. The van der Waals surface area contributed by atoms with E-state index in [1.54, 1.807) is 0 Å². The summed E-state index contributed by atoms with van der Waals surface area (Å²) in [5, 5.41) is 0. The Morgan fingerprint density at radius 1 is 0.800 bits per heavy atom. The smallest absolute Gasteiger partial charge is 0.129 e. The van der Waals surface area contributed by atoms with E-state index in [4.69, 9.17) is 0 Å². The van der Waals surface area contributed by atoms with Crippen molar-refractivity contribution in [1.82, 2.24) is 0 Å². The maximum absolute atomic E-state index is 13.8. The number of rotatable bonds is 2. The number of hydrogen-bond acceptors (Lipinski definition) is 0. The second-order valence-corrected chi connectivity index (χ2v) is 6.56. The van der Waals surface area contributed by atoms with Gasteiger partial charge >= 0.3 is 0 Å². The molecular weight excluding hydrogens is 315 g/mol. The summed E-state index contributed by atoms with van der Waals surface area (Å²) in [6.07, 6.45) is 0. The van der Waals surface area contributed by atoms with Gasteiger partial charge in [-0.15, -0.1) is 0 Å². The first kappa shape index (κ1) is 15.2. The van der Waals surface area contributed by atoms with E-state index in [1.807, 2.05) is 26.0 Å². The molecule has 2 heteroatoms. The van der Waals surface area contributed by atoms with Crippen LogP contribution in [-0.2, 0) is 0 Å². The van der Waals surface area contributed by atoms with Crippen LogP contribution in [0, 0.1) is 40.4 Å². The Hall–Kier alpha value is -1.15. The fourth-order valence-corrected chi connectivity index (χ4v) is 3.87. The lowest BCUT2D eigenvalue weighted by molar-refractivity contribution is 0.608. The average molecular weight is 335 g/mol. The summed E-state index contributed by atoms with van der Waals surface area (Å²) in [6, 6.07) is 8.25. The van der Waals surface area contributed by atoms with Gasteiger partial charge in [0.2, 0.25) is 0 Å². The molecule has 0 saturated carbocycles. The third-order valence-electron chi connectivity index (χ3n) is 3.74. The molecule has 0 N–H and O–H groups in total. The number of hydrogen-bond donors (Lipinski definition) is 0. The molecule has 0 aliphatic carbocycles. The van der Waals surface area contributed by atoms with E-state index in [1.165, 1.54) is 22.3 Å². The fraction of sp³-hybridized carbons (Fsp3) is 0.333. The van der Waals surface area contributed by atoms with Crippen molar-refractivity contribution < 1.29 is 4.39 Å². The van der Waals surface area contributed by atoms with E-state index in [9.17, 15) is 4.39 Å². The van der Waals surface area contributed by atoms with E-state index in [0.29, 0.717) is 11.1 Å². The lowest BCUT2D eigenvalue weighted by atomic mass is 9.93. The summed E-state index contributed by atoms with van der Waals surface area (Å²) in [4.78, 5) is 0.0982. The minimum atomic E-state index is -0.106. The molecular formula is C18H20BrF. The zero-order valence-electron chi connectivity index (χ0n) is 12.6. The monoisotopic (exact) mass is 334 g/mol. The van der Waals surface area contributed by atoms with Crippen molar-refractivity contribution in [2.45, 2.75) is 39.4 Å². The zero-order chi connectivity index (χ0) is 15.0. The van der Waals surface area contributed by atoms with E-state index >= 15 is 0 Å². The predicted molar refractivity (Wildman–Crippen MR) is 87.3 cm³/mol. The molecule has 2 rings (SSSR count). The van der Waals surface area contributed by atoms with Crippen LogP contribution in [0.2, 0.25) is 0 Å². The maximum atomic E-state index is 13.8. The summed E-state index contributed by atoms with van der Waals surface area (Å²) in [5.41, 5.74) is 7.60. The summed E-state index contributed by atoms with van der Waals surface area (Å²) in [7, 11) is 0. The van der Waals surface area contributed by atoms with Crippen LogP contribution in [0.5, 0.6) is 0 Å². The first-order valence-corrected chi connectivity index (χ1v) is 7.71. The number of aryl methyl sites for hydroxylation is 5. The average Bonchev–Trinajstić information content (AvgIpc) is 2.33. The van der Waals surface area contributed by atoms with Crippen LogP contribution in [0.3, 0.4) is 0 Å². The predicted octanol–water partition coefficient (Wildman–Crippen LogP) is 5.85. The highest BCUT2D eigenvalue weighted by Crippen LogP contribution is 2.36. The van der Waals surface area contributed by atoms with E-state index in [0.717, 1.165) is 5.56 Å². The summed E-state index contributed by atoms with van der Waals surface area (Å²) < 4.78 is 13.8. The molecule has 0 amide bonds. The van der Waals surface area contributed by atoms with Gasteiger partial charge in [0.15, 0.2) is 0 Å². The number of alkyl halides is 1. The van der Waals surface area contributed by atoms with E-state index < -0.39 is 0 Å². The van der Waals surface area contributed by atoms with Crippen LogP contribution < -0.4 is 0 Å². The second-order valence-electron chi connectivity index (χ2n) is 5.64. The van der Waals surface area contributed by atoms with Gasteiger partial charge in [-0.05, 0) is 68.0 Å². The molecule has 0 saturated heterocycles. The van der Waals surface area contributed by atoms with Gasteiger partial charge in [-0.25, -0.2) is 4.39 Å². The van der Waals surface area contributed by atoms with Crippen molar-refractivity contribution in [3.05, 3.63) is 69.0 Å². The molecule has 0 spiro atoms.